The molecule has 0 aromatic heterocycles. The SMILES string of the molecule is [S]C(SCCc1ccccc1)c1ccc(SCCCCc2ccccc2)c(SCCCc2ccccc2)c1SCCc1ccccc1. The lowest BCUT2D eigenvalue weighted by atomic mass is 10.1. The average molecular weight is 710 g/mol. The number of aryl methyl sites for hydroxylation is 4. The second-order valence-electron chi connectivity index (χ2n) is 11.6. The first-order chi connectivity index (χ1) is 23.3. The van der Waals surface area contributed by atoms with Crippen molar-refractivity contribution >= 4 is 59.7 Å². The van der Waals surface area contributed by atoms with Crippen molar-refractivity contribution in [2.45, 2.75) is 64.2 Å². The van der Waals surface area contributed by atoms with E-state index in [4.69, 9.17) is 12.6 Å². The normalized spacial score (nSPS) is 11.9. The molecule has 0 nitrogen and oxygen atoms in total. The van der Waals surface area contributed by atoms with Gasteiger partial charge in [0.05, 0.1) is 4.58 Å². The van der Waals surface area contributed by atoms with Gasteiger partial charge >= 0.3 is 0 Å². The summed E-state index contributed by atoms with van der Waals surface area (Å²) in [5, 5.41) is 0. The summed E-state index contributed by atoms with van der Waals surface area (Å²) in [5.41, 5.74) is 6.97. The highest BCUT2D eigenvalue weighted by molar-refractivity contribution is 8.09. The molecule has 47 heavy (non-hydrogen) atoms. The molecule has 243 valence electrons. The van der Waals surface area contributed by atoms with Gasteiger partial charge < -0.3 is 0 Å². The van der Waals surface area contributed by atoms with Gasteiger partial charge in [0.15, 0.2) is 0 Å². The quantitative estimate of drug-likeness (QED) is 0.0582. The van der Waals surface area contributed by atoms with Gasteiger partial charge in [0, 0.05) is 20.4 Å². The van der Waals surface area contributed by atoms with E-state index < -0.39 is 0 Å². The van der Waals surface area contributed by atoms with Gasteiger partial charge in [-0.1, -0.05) is 140 Å². The molecule has 0 saturated heterocycles. The van der Waals surface area contributed by atoms with Crippen LogP contribution in [-0.4, -0.2) is 23.0 Å². The Kier molecular flexibility index (Phi) is 16.2. The molecule has 5 aromatic carbocycles. The van der Waals surface area contributed by atoms with Crippen LogP contribution in [0.1, 0.15) is 51.7 Å². The molecule has 0 aliphatic carbocycles. The van der Waals surface area contributed by atoms with Crippen LogP contribution in [0.5, 0.6) is 0 Å². The Morgan fingerprint density at radius 2 is 0.872 bits per heavy atom. The fourth-order valence-electron chi connectivity index (χ4n) is 5.43. The Labute approximate surface area is 306 Å². The summed E-state index contributed by atoms with van der Waals surface area (Å²) in [5.74, 6) is 4.33. The predicted molar refractivity (Wildman–Crippen MR) is 216 cm³/mol. The minimum Gasteiger partial charge on any atom is -0.141 e. The molecule has 1 unspecified atom stereocenters. The van der Waals surface area contributed by atoms with Gasteiger partial charge in [0.1, 0.15) is 0 Å². The molecule has 0 aliphatic rings. The van der Waals surface area contributed by atoms with E-state index in [0.717, 1.165) is 55.1 Å². The Bertz CT molecular complexity index is 1560. The lowest BCUT2D eigenvalue weighted by molar-refractivity contribution is 0.802. The standard InChI is InChI=1S/C42H45S5/c43-42(47-33-29-37-22-11-4-12-23-37)38-26-27-39(44-30-14-13-24-34-16-5-1-6-17-34)41(45-31-15-25-35-18-7-2-8-19-35)40(38)46-32-28-36-20-9-3-10-21-36/h1-12,16-23,26-27,42H,13-15,24-25,28-33H2. The van der Waals surface area contributed by atoms with E-state index in [1.54, 1.807) is 0 Å². The van der Waals surface area contributed by atoms with Gasteiger partial charge in [-0.2, -0.15) is 0 Å². The van der Waals surface area contributed by atoms with Crippen molar-refractivity contribution in [1.82, 2.24) is 0 Å². The molecule has 1 atom stereocenters. The van der Waals surface area contributed by atoms with Crippen molar-refractivity contribution in [1.29, 1.82) is 0 Å². The maximum atomic E-state index is 6.25. The molecule has 0 spiro atoms. The lowest BCUT2D eigenvalue weighted by Crippen LogP contribution is -1.99. The summed E-state index contributed by atoms with van der Waals surface area (Å²) in [7, 11) is 0. The Hall–Kier alpha value is -2.15. The van der Waals surface area contributed by atoms with Crippen LogP contribution in [0.15, 0.2) is 148 Å². The van der Waals surface area contributed by atoms with Crippen LogP contribution in [0.4, 0.5) is 0 Å². The van der Waals surface area contributed by atoms with E-state index in [-0.39, 0.29) is 4.58 Å². The number of hydrogen-bond acceptors (Lipinski definition) is 4. The zero-order chi connectivity index (χ0) is 32.4. The molecule has 5 rings (SSSR count). The van der Waals surface area contributed by atoms with Crippen LogP contribution in [-0.2, 0) is 25.7 Å². The summed E-state index contributed by atoms with van der Waals surface area (Å²) >= 11 is 14.3. The van der Waals surface area contributed by atoms with Gasteiger partial charge in [0.25, 0.3) is 0 Å². The lowest BCUT2D eigenvalue weighted by Gasteiger charge is -2.21. The first kappa shape index (κ1) is 36.1. The molecule has 0 N–H and O–H groups in total. The van der Waals surface area contributed by atoms with Crippen molar-refractivity contribution in [2.24, 2.45) is 0 Å². The molecular weight excluding hydrogens is 665 g/mol. The van der Waals surface area contributed by atoms with E-state index in [1.807, 2.05) is 35.3 Å². The van der Waals surface area contributed by atoms with Crippen LogP contribution in [0.25, 0.3) is 0 Å². The highest BCUT2D eigenvalue weighted by Crippen LogP contribution is 2.47. The summed E-state index contributed by atoms with van der Waals surface area (Å²) in [6.45, 7) is 0. The van der Waals surface area contributed by atoms with Gasteiger partial charge in [0.2, 0.25) is 0 Å². The number of hydrogen-bond donors (Lipinski definition) is 0. The van der Waals surface area contributed by atoms with Crippen LogP contribution in [0, 0.1) is 0 Å². The number of rotatable bonds is 20. The molecule has 5 aromatic rings. The van der Waals surface area contributed by atoms with Crippen molar-refractivity contribution in [2.75, 3.05) is 23.0 Å². The zero-order valence-corrected chi connectivity index (χ0v) is 31.2. The van der Waals surface area contributed by atoms with Crippen LogP contribution in [0.2, 0.25) is 0 Å². The first-order valence-electron chi connectivity index (χ1n) is 16.7. The summed E-state index contributed by atoms with van der Waals surface area (Å²) in [6.07, 6.45) is 7.98. The monoisotopic (exact) mass is 709 g/mol. The zero-order valence-electron chi connectivity index (χ0n) is 27.1. The molecule has 0 aliphatic heterocycles. The minimum absolute atomic E-state index is 0.0338. The van der Waals surface area contributed by atoms with E-state index in [1.165, 1.54) is 55.3 Å². The Morgan fingerprint density at radius 1 is 0.404 bits per heavy atom. The van der Waals surface area contributed by atoms with Gasteiger partial charge in [-0.15, -0.1) is 47.0 Å². The average Bonchev–Trinajstić information content (AvgIpc) is 3.12. The van der Waals surface area contributed by atoms with Crippen molar-refractivity contribution < 1.29 is 0 Å². The molecule has 0 fully saturated rings. The van der Waals surface area contributed by atoms with Crippen molar-refractivity contribution in [3.63, 3.8) is 0 Å². The van der Waals surface area contributed by atoms with E-state index in [2.05, 4.69) is 145 Å². The first-order valence-corrected chi connectivity index (χ1v) is 21.2. The molecule has 0 amide bonds. The number of unbranched alkanes of at least 4 members (excludes halogenated alkanes) is 1. The second kappa shape index (κ2) is 21.0. The van der Waals surface area contributed by atoms with E-state index in [0.29, 0.717) is 0 Å². The van der Waals surface area contributed by atoms with Crippen molar-refractivity contribution in [3.8, 4) is 0 Å². The molecule has 0 saturated carbocycles. The molecule has 1 radical (unpaired) electrons. The minimum atomic E-state index is 0.0338. The highest BCUT2D eigenvalue weighted by Gasteiger charge is 2.20. The van der Waals surface area contributed by atoms with Gasteiger partial charge in [-0.05, 0) is 96.1 Å². The summed E-state index contributed by atoms with van der Waals surface area (Å²) in [4.78, 5) is 4.31. The molecular formula is C42H45S5. The van der Waals surface area contributed by atoms with Crippen molar-refractivity contribution in [3.05, 3.63) is 161 Å². The molecule has 5 heteroatoms. The predicted octanol–water partition coefficient (Wildman–Crippen LogP) is 13.0. The topological polar surface area (TPSA) is 0 Å². The van der Waals surface area contributed by atoms with E-state index in [9.17, 15) is 0 Å². The fraction of sp³-hybridized carbons (Fsp3) is 0.286. The summed E-state index contributed by atoms with van der Waals surface area (Å²) < 4.78 is 0.0338. The number of benzene rings is 5. The Morgan fingerprint density at radius 3 is 1.45 bits per heavy atom. The largest absolute Gasteiger partial charge is 0.141 e. The second-order valence-corrected chi connectivity index (χ2v) is 16.9. The maximum Gasteiger partial charge on any atom is 0.0866 e. The smallest absolute Gasteiger partial charge is 0.0866 e. The highest BCUT2D eigenvalue weighted by atomic mass is 32.2. The van der Waals surface area contributed by atoms with E-state index >= 15 is 0 Å². The third-order valence-corrected chi connectivity index (χ3v) is 13.4. The molecule has 0 bridgehead atoms. The Balaban J connectivity index is 1.31. The van der Waals surface area contributed by atoms with Crippen LogP contribution in [0.3, 0.4) is 0 Å². The van der Waals surface area contributed by atoms with Gasteiger partial charge in [-0.25, -0.2) is 0 Å². The van der Waals surface area contributed by atoms with Crippen LogP contribution >= 0.6 is 59.7 Å². The van der Waals surface area contributed by atoms with Crippen LogP contribution < -0.4 is 0 Å². The number of thioether (sulfide) groups is 4. The molecule has 0 heterocycles. The van der Waals surface area contributed by atoms with Gasteiger partial charge in [-0.3, -0.25) is 0 Å². The third kappa shape index (κ3) is 12.7. The third-order valence-electron chi connectivity index (χ3n) is 8.00. The maximum absolute atomic E-state index is 6.25. The summed E-state index contributed by atoms with van der Waals surface area (Å²) in [6, 6.07) is 48.3. The fourth-order valence-corrected chi connectivity index (χ4v) is 10.8.